The van der Waals surface area contributed by atoms with E-state index in [1.54, 1.807) is 30.5 Å². The lowest BCUT2D eigenvalue weighted by molar-refractivity contribution is 0.600. The van der Waals surface area contributed by atoms with Crippen LogP contribution in [0.1, 0.15) is 12.5 Å². The molecule has 1 N–H and O–H groups in total. The van der Waals surface area contributed by atoms with Crippen LogP contribution in [0.4, 0.5) is 5.69 Å². The number of nitrogens with zero attached hydrogens (tertiary/aromatic N) is 3. The first-order valence-electron chi connectivity index (χ1n) is 6.51. The molecule has 7 heteroatoms. The number of aromatic nitrogens is 3. The molecule has 0 aliphatic carbocycles. The summed E-state index contributed by atoms with van der Waals surface area (Å²) in [6, 6.07) is 10.3. The van der Waals surface area contributed by atoms with Gasteiger partial charge in [0.2, 0.25) is 0 Å². The van der Waals surface area contributed by atoms with Crippen molar-refractivity contribution in [1.29, 1.82) is 0 Å². The van der Waals surface area contributed by atoms with Crippen molar-refractivity contribution in [2.24, 2.45) is 0 Å². The smallest absolute Gasteiger partial charge is 0.262 e. The molecule has 3 rings (SSSR count). The van der Waals surface area contributed by atoms with Gasteiger partial charge in [-0.1, -0.05) is 25.1 Å². The van der Waals surface area contributed by atoms with Crippen LogP contribution >= 0.6 is 0 Å². The van der Waals surface area contributed by atoms with Gasteiger partial charge in [-0.15, -0.1) is 0 Å². The summed E-state index contributed by atoms with van der Waals surface area (Å²) in [5.74, 6) is 0. The second kappa shape index (κ2) is 5.17. The number of benzene rings is 1. The van der Waals surface area contributed by atoms with E-state index in [0.29, 0.717) is 17.8 Å². The van der Waals surface area contributed by atoms with E-state index < -0.39 is 10.0 Å². The Morgan fingerprint density at radius 1 is 1.19 bits per heavy atom. The zero-order valence-electron chi connectivity index (χ0n) is 11.4. The fourth-order valence-electron chi connectivity index (χ4n) is 2.18. The maximum atomic E-state index is 12.6. The van der Waals surface area contributed by atoms with Crippen LogP contribution in [0.25, 0.3) is 5.65 Å². The number of hydrogen-bond donors (Lipinski definition) is 1. The molecule has 0 bridgehead atoms. The van der Waals surface area contributed by atoms with E-state index in [1.165, 1.54) is 10.8 Å². The van der Waals surface area contributed by atoms with Gasteiger partial charge in [-0.25, -0.2) is 17.9 Å². The summed E-state index contributed by atoms with van der Waals surface area (Å²) in [6.45, 7) is 1.92. The Morgan fingerprint density at radius 3 is 2.81 bits per heavy atom. The van der Waals surface area contributed by atoms with E-state index in [4.69, 9.17) is 0 Å². The van der Waals surface area contributed by atoms with Gasteiger partial charge < -0.3 is 0 Å². The molecule has 0 fully saturated rings. The highest BCUT2D eigenvalue weighted by Gasteiger charge is 2.19. The third kappa shape index (κ3) is 2.47. The molecule has 108 valence electrons. The molecule has 1 aromatic carbocycles. The van der Waals surface area contributed by atoms with Gasteiger partial charge in [-0.3, -0.25) is 4.72 Å². The van der Waals surface area contributed by atoms with Crippen LogP contribution < -0.4 is 4.72 Å². The van der Waals surface area contributed by atoms with Crippen LogP contribution in [0.15, 0.2) is 53.8 Å². The molecule has 6 nitrogen and oxygen atoms in total. The van der Waals surface area contributed by atoms with Gasteiger partial charge >= 0.3 is 0 Å². The molecule has 0 aliphatic heterocycles. The third-order valence-corrected chi connectivity index (χ3v) is 4.66. The van der Waals surface area contributed by atoms with Crippen LogP contribution in [0, 0.1) is 0 Å². The van der Waals surface area contributed by atoms with Gasteiger partial charge in [-0.05, 0) is 30.2 Å². The predicted molar refractivity (Wildman–Crippen MR) is 79.6 cm³/mol. The summed E-state index contributed by atoms with van der Waals surface area (Å²) in [6.07, 6.45) is 3.74. The summed E-state index contributed by atoms with van der Waals surface area (Å²) in [7, 11) is -3.66. The number of pyridine rings is 1. The van der Waals surface area contributed by atoms with Gasteiger partial charge in [0.05, 0.1) is 10.6 Å². The maximum absolute atomic E-state index is 12.6. The molecule has 2 aromatic heterocycles. The highest BCUT2D eigenvalue weighted by Crippen LogP contribution is 2.22. The fraction of sp³-hybridized carbons (Fsp3) is 0.143. The topological polar surface area (TPSA) is 76.4 Å². The molecule has 21 heavy (non-hydrogen) atoms. The van der Waals surface area contributed by atoms with E-state index in [1.807, 2.05) is 19.1 Å². The molecular formula is C14H14N4O2S. The number of hydrogen-bond acceptors (Lipinski definition) is 4. The minimum absolute atomic E-state index is 0.286. The summed E-state index contributed by atoms with van der Waals surface area (Å²) in [5, 5.41) is 3.99. The van der Waals surface area contributed by atoms with E-state index in [2.05, 4.69) is 14.8 Å². The fourth-order valence-corrected chi connectivity index (χ4v) is 3.56. The summed E-state index contributed by atoms with van der Waals surface area (Å²) < 4.78 is 29.3. The van der Waals surface area contributed by atoms with E-state index in [-0.39, 0.29) is 4.90 Å². The molecule has 0 saturated heterocycles. The molecule has 2 heterocycles. The minimum Gasteiger partial charge on any atom is -0.276 e. The molecule has 0 radical (unpaired) electrons. The van der Waals surface area contributed by atoms with Crippen molar-refractivity contribution in [2.45, 2.75) is 18.2 Å². The molecule has 0 spiro atoms. The number of rotatable bonds is 4. The number of sulfonamides is 1. The van der Waals surface area contributed by atoms with Crippen molar-refractivity contribution in [3.05, 3.63) is 54.5 Å². The van der Waals surface area contributed by atoms with Crippen LogP contribution in [0.3, 0.4) is 0 Å². The number of aryl methyl sites for hydroxylation is 1. The average molecular weight is 302 g/mol. The zero-order valence-corrected chi connectivity index (χ0v) is 12.2. The maximum Gasteiger partial charge on any atom is 0.262 e. The molecule has 0 saturated carbocycles. The Balaban J connectivity index is 2.06. The monoisotopic (exact) mass is 302 g/mol. The Labute approximate surface area is 122 Å². The highest BCUT2D eigenvalue weighted by atomic mass is 32.2. The standard InChI is InChI=1S/C14H14N4O2S/c1-2-11-6-3-4-8-13(11)21(19,20)17-12-7-5-9-18-14(12)15-10-16-18/h3-10,17H,2H2,1H3. The predicted octanol–water partition coefficient (Wildman–Crippen LogP) is 2.09. The van der Waals surface area contributed by atoms with Crippen LogP contribution in [-0.4, -0.2) is 23.0 Å². The molecule has 0 atom stereocenters. The highest BCUT2D eigenvalue weighted by molar-refractivity contribution is 7.92. The van der Waals surface area contributed by atoms with Gasteiger partial charge in [0.1, 0.15) is 6.33 Å². The first-order valence-corrected chi connectivity index (χ1v) is 7.99. The number of anilines is 1. The quantitative estimate of drug-likeness (QED) is 0.800. The Kier molecular flexibility index (Phi) is 3.34. The van der Waals surface area contributed by atoms with Crippen LogP contribution in [0.5, 0.6) is 0 Å². The van der Waals surface area contributed by atoms with Crippen LogP contribution in [-0.2, 0) is 16.4 Å². The summed E-state index contributed by atoms with van der Waals surface area (Å²) in [5.41, 5.74) is 1.65. The summed E-state index contributed by atoms with van der Waals surface area (Å²) in [4.78, 5) is 4.35. The normalized spacial score (nSPS) is 11.7. The summed E-state index contributed by atoms with van der Waals surface area (Å²) >= 11 is 0. The number of nitrogens with one attached hydrogen (secondary N) is 1. The van der Waals surface area contributed by atoms with Crippen molar-refractivity contribution in [2.75, 3.05) is 4.72 Å². The SMILES string of the molecule is CCc1ccccc1S(=O)(=O)Nc1cccn2ncnc12. The second-order valence-electron chi connectivity index (χ2n) is 4.52. The molecular weight excluding hydrogens is 288 g/mol. The van der Waals surface area contributed by atoms with Gasteiger partial charge in [-0.2, -0.15) is 5.10 Å². The molecule has 0 aliphatic rings. The van der Waals surface area contributed by atoms with Gasteiger partial charge in [0, 0.05) is 6.20 Å². The van der Waals surface area contributed by atoms with Gasteiger partial charge in [0.25, 0.3) is 10.0 Å². The average Bonchev–Trinajstić information content (AvgIpc) is 2.96. The molecule has 0 amide bonds. The van der Waals surface area contributed by atoms with Crippen molar-refractivity contribution in [3.8, 4) is 0 Å². The Morgan fingerprint density at radius 2 is 2.00 bits per heavy atom. The van der Waals surface area contributed by atoms with E-state index in [0.717, 1.165) is 5.56 Å². The Bertz CT molecular complexity index is 887. The van der Waals surface area contributed by atoms with Crippen molar-refractivity contribution < 1.29 is 8.42 Å². The Hall–Kier alpha value is -2.41. The molecule has 3 aromatic rings. The lowest BCUT2D eigenvalue weighted by atomic mass is 10.2. The van der Waals surface area contributed by atoms with Crippen molar-refractivity contribution >= 4 is 21.4 Å². The van der Waals surface area contributed by atoms with Crippen molar-refractivity contribution in [3.63, 3.8) is 0 Å². The van der Waals surface area contributed by atoms with Crippen LogP contribution in [0.2, 0.25) is 0 Å². The number of fused-ring (bicyclic) bond motifs is 1. The largest absolute Gasteiger partial charge is 0.276 e. The zero-order chi connectivity index (χ0) is 14.9. The van der Waals surface area contributed by atoms with E-state index in [9.17, 15) is 8.42 Å². The minimum atomic E-state index is -3.66. The second-order valence-corrected chi connectivity index (χ2v) is 6.17. The lowest BCUT2D eigenvalue weighted by Gasteiger charge is -2.11. The lowest BCUT2D eigenvalue weighted by Crippen LogP contribution is -2.15. The first-order chi connectivity index (χ1) is 10.1. The third-order valence-electron chi connectivity index (χ3n) is 3.19. The molecule has 0 unspecified atom stereocenters. The first kappa shape index (κ1) is 13.6. The van der Waals surface area contributed by atoms with E-state index >= 15 is 0 Å². The van der Waals surface area contributed by atoms with Crippen molar-refractivity contribution in [1.82, 2.24) is 14.6 Å². The van der Waals surface area contributed by atoms with Gasteiger partial charge in [0.15, 0.2) is 5.65 Å².